The zero-order valence-electron chi connectivity index (χ0n) is 10.6. The topological polar surface area (TPSA) is 62.8 Å². The fourth-order valence-corrected chi connectivity index (χ4v) is 2.01. The fraction of sp³-hybridized carbons (Fsp3) is 0.357. The number of carbonyl (C=O) groups is 2. The van der Waals surface area contributed by atoms with Crippen LogP contribution in [-0.2, 0) is 0 Å². The highest BCUT2D eigenvalue weighted by Crippen LogP contribution is 2.19. The number of rotatable bonds is 5. The van der Waals surface area contributed by atoms with Gasteiger partial charge in [-0.3, -0.25) is 9.59 Å². The monoisotopic (exact) mass is 244 g/mol. The van der Waals surface area contributed by atoms with Gasteiger partial charge >= 0.3 is 0 Å². The summed E-state index contributed by atoms with van der Waals surface area (Å²) in [5.74, 6) is 0.439. The third-order valence-corrected chi connectivity index (χ3v) is 3.02. The summed E-state index contributed by atoms with van der Waals surface area (Å²) in [7, 11) is 0. The van der Waals surface area contributed by atoms with Crippen LogP contribution in [0.15, 0.2) is 12.1 Å². The van der Waals surface area contributed by atoms with Crippen LogP contribution < -0.4 is 0 Å². The third kappa shape index (κ3) is 2.32. The van der Waals surface area contributed by atoms with E-state index < -0.39 is 0 Å². The molecule has 0 spiro atoms. The Kier molecular flexibility index (Phi) is 3.55. The quantitative estimate of drug-likeness (QED) is 0.649. The molecular weight excluding hydrogens is 228 g/mol. The van der Waals surface area contributed by atoms with Gasteiger partial charge in [-0.2, -0.15) is 0 Å². The lowest BCUT2D eigenvalue weighted by Gasteiger charge is -2.04. The summed E-state index contributed by atoms with van der Waals surface area (Å²) in [5, 5.41) is 0. The molecule has 2 rings (SSSR count). The average Bonchev–Trinajstić information content (AvgIpc) is 2.76. The van der Waals surface area contributed by atoms with Crippen LogP contribution in [0.3, 0.4) is 0 Å². The zero-order chi connectivity index (χ0) is 13.1. The van der Waals surface area contributed by atoms with E-state index >= 15 is 0 Å². The summed E-state index contributed by atoms with van der Waals surface area (Å²) in [6, 6.07) is 3.64. The molecular formula is C14H16N2O2. The zero-order valence-corrected chi connectivity index (χ0v) is 10.6. The van der Waals surface area contributed by atoms with Crippen molar-refractivity contribution in [2.75, 3.05) is 0 Å². The van der Waals surface area contributed by atoms with Crippen molar-refractivity contribution in [3.63, 3.8) is 0 Å². The van der Waals surface area contributed by atoms with Gasteiger partial charge in [0.05, 0.1) is 11.0 Å². The van der Waals surface area contributed by atoms with Crippen LogP contribution in [0.2, 0.25) is 0 Å². The molecule has 0 saturated carbocycles. The number of H-pyrrole nitrogens is 1. The number of hydrogen-bond donors (Lipinski definition) is 1. The maximum atomic E-state index is 12.0. The van der Waals surface area contributed by atoms with Crippen molar-refractivity contribution in [3.8, 4) is 0 Å². The van der Waals surface area contributed by atoms with E-state index in [2.05, 4.69) is 16.9 Å². The Bertz CT molecular complexity index is 599. The number of nitrogens with one attached hydrogen (secondary N) is 1. The van der Waals surface area contributed by atoms with E-state index in [9.17, 15) is 9.59 Å². The second-order valence-electron chi connectivity index (χ2n) is 4.45. The summed E-state index contributed by atoms with van der Waals surface area (Å²) in [5.41, 5.74) is 3.09. The Balaban J connectivity index is 2.41. The molecule has 1 N–H and O–H groups in total. The Hall–Kier alpha value is -1.97. The van der Waals surface area contributed by atoms with Crippen molar-refractivity contribution in [2.24, 2.45) is 0 Å². The number of unbranched alkanes of at least 4 members (excludes halogenated alkanes) is 1. The molecule has 0 radical (unpaired) electrons. The second-order valence-corrected chi connectivity index (χ2v) is 4.45. The number of aldehydes is 1. The molecule has 0 aliphatic rings. The first-order valence-corrected chi connectivity index (χ1v) is 6.14. The molecule has 0 aliphatic heterocycles. The maximum Gasteiger partial charge on any atom is 0.185 e. The number of aryl methyl sites for hydroxylation is 1. The number of imidazole rings is 1. The number of ketones is 1. The first-order chi connectivity index (χ1) is 8.65. The number of benzene rings is 1. The van der Waals surface area contributed by atoms with Crippen LogP contribution in [-0.4, -0.2) is 22.0 Å². The molecule has 18 heavy (non-hydrogen) atoms. The van der Waals surface area contributed by atoms with Gasteiger partial charge in [-0.05, 0) is 31.0 Å². The predicted molar refractivity (Wildman–Crippen MR) is 70.1 cm³/mol. The second kappa shape index (κ2) is 5.12. The molecule has 0 unspecified atom stereocenters. The van der Waals surface area contributed by atoms with Crippen molar-refractivity contribution in [1.82, 2.24) is 9.97 Å². The van der Waals surface area contributed by atoms with Crippen molar-refractivity contribution < 1.29 is 9.59 Å². The van der Waals surface area contributed by atoms with E-state index in [1.165, 1.54) is 0 Å². The number of nitrogens with zero attached hydrogens (tertiary/aromatic N) is 1. The summed E-state index contributed by atoms with van der Waals surface area (Å²) in [4.78, 5) is 29.7. The lowest BCUT2D eigenvalue weighted by molar-refractivity contribution is 0.0979. The van der Waals surface area contributed by atoms with E-state index in [0.717, 1.165) is 23.9 Å². The fourth-order valence-electron chi connectivity index (χ4n) is 2.01. The minimum atomic E-state index is 0.145. The molecule has 4 nitrogen and oxygen atoms in total. The Morgan fingerprint density at radius 3 is 2.89 bits per heavy atom. The van der Waals surface area contributed by atoms with Crippen LogP contribution in [0.5, 0.6) is 0 Å². The molecule has 2 aromatic rings. The van der Waals surface area contributed by atoms with E-state index in [4.69, 9.17) is 0 Å². The van der Waals surface area contributed by atoms with E-state index in [1.807, 2.05) is 13.0 Å². The first kappa shape index (κ1) is 12.5. The molecule has 0 bridgehead atoms. The highest BCUT2D eigenvalue weighted by atomic mass is 16.1. The maximum absolute atomic E-state index is 12.0. The molecule has 0 amide bonds. The number of aromatic nitrogens is 2. The standard InChI is InChI=1S/C14H16N2O2/c1-3-4-5-13(18)10-7-12-11(6-9(10)2)15-14(8-17)16-12/h6-8H,3-5H2,1-2H3,(H,15,16). The minimum absolute atomic E-state index is 0.145. The van der Waals surface area contributed by atoms with Gasteiger partial charge in [0.2, 0.25) is 0 Å². The largest absolute Gasteiger partial charge is 0.336 e. The molecule has 94 valence electrons. The van der Waals surface area contributed by atoms with Crippen molar-refractivity contribution in [2.45, 2.75) is 33.1 Å². The van der Waals surface area contributed by atoms with Crippen molar-refractivity contribution >= 4 is 23.1 Å². The van der Waals surface area contributed by atoms with Gasteiger partial charge in [-0.1, -0.05) is 13.3 Å². The lowest BCUT2D eigenvalue weighted by atomic mass is 10.0. The molecule has 0 atom stereocenters. The number of fused-ring (bicyclic) bond motifs is 1. The van der Waals surface area contributed by atoms with Gasteiger partial charge in [0.25, 0.3) is 0 Å². The normalized spacial score (nSPS) is 10.8. The molecule has 0 fully saturated rings. The first-order valence-electron chi connectivity index (χ1n) is 6.14. The van der Waals surface area contributed by atoms with E-state index in [0.29, 0.717) is 29.6 Å². The van der Waals surface area contributed by atoms with Gasteiger partial charge in [0, 0.05) is 12.0 Å². The minimum Gasteiger partial charge on any atom is -0.336 e. The Labute approximate surface area is 105 Å². The molecule has 1 aromatic heterocycles. The van der Waals surface area contributed by atoms with Crippen LogP contribution in [0.25, 0.3) is 11.0 Å². The SMILES string of the molecule is CCCCC(=O)c1cc2nc(C=O)[nH]c2cc1C. The summed E-state index contributed by atoms with van der Waals surface area (Å²) < 4.78 is 0. The highest BCUT2D eigenvalue weighted by molar-refractivity contribution is 6.00. The number of hydrogen-bond acceptors (Lipinski definition) is 3. The smallest absolute Gasteiger partial charge is 0.185 e. The summed E-state index contributed by atoms with van der Waals surface area (Å²) in [6.45, 7) is 3.97. The van der Waals surface area contributed by atoms with Gasteiger partial charge in [0.15, 0.2) is 17.9 Å². The lowest BCUT2D eigenvalue weighted by Crippen LogP contribution is -2.01. The number of Topliss-reactive ketones (excluding diaryl/α,β-unsaturated/α-hetero) is 1. The third-order valence-electron chi connectivity index (χ3n) is 3.02. The molecule has 0 aliphatic carbocycles. The van der Waals surface area contributed by atoms with Gasteiger partial charge < -0.3 is 4.98 Å². The van der Waals surface area contributed by atoms with Crippen LogP contribution in [0.1, 0.15) is 52.7 Å². The average molecular weight is 244 g/mol. The molecule has 4 heteroatoms. The summed E-state index contributed by atoms with van der Waals surface area (Å²) in [6.07, 6.45) is 3.14. The highest BCUT2D eigenvalue weighted by Gasteiger charge is 2.12. The summed E-state index contributed by atoms with van der Waals surface area (Å²) >= 11 is 0. The van der Waals surface area contributed by atoms with E-state index in [-0.39, 0.29) is 5.78 Å². The Morgan fingerprint density at radius 2 is 2.22 bits per heavy atom. The van der Waals surface area contributed by atoms with E-state index in [1.54, 1.807) is 6.07 Å². The molecule has 1 aromatic carbocycles. The van der Waals surface area contributed by atoms with Crippen molar-refractivity contribution in [3.05, 3.63) is 29.1 Å². The predicted octanol–water partition coefficient (Wildman–Crippen LogP) is 3.06. The van der Waals surface area contributed by atoms with Crippen LogP contribution in [0, 0.1) is 6.92 Å². The number of aromatic amines is 1. The van der Waals surface area contributed by atoms with Gasteiger partial charge in [0.1, 0.15) is 0 Å². The molecule has 1 heterocycles. The molecule has 0 saturated heterocycles. The van der Waals surface area contributed by atoms with Crippen LogP contribution >= 0.6 is 0 Å². The van der Waals surface area contributed by atoms with Gasteiger partial charge in [-0.25, -0.2) is 4.98 Å². The van der Waals surface area contributed by atoms with Gasteiger partial charge in [-0.15, -0.1) is 0 Å². The Morgan fingerprint density at radius 1 is 1.44 bits per heavy atom. The van der Waals surface area contributed by atoms with Crippen LogP contribution in [0.4, 0.5) is 0 Å². The van der Waals surface area contributed by atoms with Crippen molar-refractivity contribution in [1.29, 1.82) is 0 Å². The number of carbonyl (C=O) groups excluding carboxylic acids is 2.